The van der Waals surface area contributed by atoms with Gasteiger partial charge < -0.3 is 14.2 Å². The van der Waals surface area contributed by atoms with Crippen molar-refractivity contribution >= 4 is 17.9 Å². The lowest BCUT2D eigenvalue weighted by Crippen LogP contribution is -2.30. The van der Waals surface area contributed by atoms with Crippen LogP contribution in [-0.4, -0.2) is 37.2 Å². The van der Waals surface area contributed by atoms with Gasteiger partial charge in [-0.25, -0.2) is 0 Å². The second-order valence-corrected chi connectivity index (χ2v) is 23.8. The molecule has 0 heterocycles. The largest absolute Gasteiger partial charge is 0.462 e. The van der Waals surface area contributed by atoms with Gasteiger partial charge in [0.25, 0.3) is 0 Å². The minimum absolute atomic E-state index is 0.0659. The summed E-state index contributed by atoms with van der Waals surface area (Å²) < 4.78 is 17.0. The molecule has 450 valence electrons. The van der Waals surface area contributed by atoms with Gasteiger partial charge in [-0.1, -0.05) is 348 Å². The molecule has 0 rings (SSSR count). The molecule has 1 unspecified atom stereocenters. The number of hydrogen-bond acceptors (Lipinski definition) is 6. The Kier molecular flexibility index (Phi) is 64.1. The van der Waals surface area contributed by atoms with Gasteiger partial charge >= 0.3 is 17.9 Å². The highest BCUT2D eigenvalue weighted by Gasteiger charge is 2.19. The number of hydrogen-bond donors (Lipinski definition) is 0. The summed E-state index contributed by atoms with van der Waals surface area (Å²) in [6.07, 6.45) is 78.2. The van der Waals surface area contributed by atoms with Crippen molar-refractivity contribution in [2.45, 2.75) is 406 Å². The molecule has 0 aliphatic heterocycles. The zero-order valence-corrected chi connectivity index (χ0v) is 51.8. The summed E-state index contributed by atoms with van der Waals surface area (Å²) in [4.78, 5) is 38.3. The molecule has 0 aromatic heterocycles. The lowest BCUT2D eigenvalue weighted by atomic mass is 10.0. The predicted octanol–water partition coefficient (Wildman–Crippen LogP) is 23.6. The molecule has 0 fully saturated rings. The summed E-state index contributed by atoms with van der Waals surface area (Å²) in [6.45, 7) is 6.70. The normalized spacial score (nSPS) is 12.0. The van der Waals surface area contributed by atoms with E-state index in [9.17, 15) is 14.4 Å². The van der Waals surface area contributed by atoms with E-state index < -0.39 is 6.10 Å². The van der Waals surface area contributed by atoms with Gasteiger partial charge in [0.05, 0.1) is 0 Å². The maximum atomic E-state index is 12.9. The summed E-state index contributed by atoms with van der Waals surface area (Å²) >= 11 is 0. The fourth-order valence-corrected chi connectivity index (χ4v) is 10.8. The first-order valence-corrected chi connectivity index (χ1v) is 34.7. The predicted molar refractivity (Wildman–Crippen MR) is 330 cm³/mol. The third-order valence-electron chi connectivity index (χ3n) is 16.0. The van der Waals surface area contributed by atoms with Gasteiger partial charge in [0.1, 0.15) is 13.2 Å². The SMILES string of the molecule is CCCCC/C=C\CCCCCCCC(=O)OCC(COC(=O)CCCCCCCCCCCCCCCCCCCCCCCCCCCCC)OC(=O)CCCCCCCCCCCCCCCCCCCCC. The first-order chi connectivity index (χ1) is 37.5. The minimum atomic E-state index is -0.769. The molecule has 76 heavy (non-hydrogen) atoms. The van der Waals surface area contributed by atoms with Crippen LogP contribution >= 0.6 is 0 Å². The molecule has 0 bridgehead atoms. The summed E-state index contributed by atoms with van der Waals surface area (Å²) in [6, 6.07) is 0. The Balaban J connectivity index is 4.15. The quantitative estimate of drug-likeness (QED) is 0.0261. The second-order valence-electron chi connectivity index (χ2n) is 23.8. The van der Waals surface area contributed by atoms with Crippen molar-refractivity contribution in [3.8, 4) is 0 Å². The van der Waals surface area contributed by atoms with E-state index in [4.69, 9.17) is 14.2 Å². The van der Waals surface area contributed by atoms with Gasteiger partial charge in [-0.05, 0) is 44.9 Å². The number of carbonyl (C=O) groups excluding carboxylic acids is 3. The summed E-state index contributed by atoms with van der Waals surface area (Å²) in [5, 5.41) is 0. The zero-order chi connectivity index (χ0) is 55.0. The fraction of sp³-hybridized carbons (Fsp3) is 0.929. The van der Waals surface area contributed by atoms with Crippen molar-refractivity contribution in [3.63, 3.8) is 0 Å². The Labute approximate surface area is 475 Å². The highest BCUT2D eigenvalue weighted by atomic mass is 16.6. The zero-order valence-electron chi connectivity index (χ0n) is 51.8. The molecule has 0 aliphatic carbocycles. The van der Waals surface area contributed by atoms with Gasteiger partial charge in [0.2, 0.25) is 0 Å². The van der Waals surface area contributed by atoms with Crippen LogP contribution in [0.2, 0.25) is 0 Å². The molecule has 6 nitrogen and oxygen atoms in total. The topological polar surface area (TPSA) is 78.9 Å². The average Bonchev–Trinajstić information content (AvgIpc) is 3.42. The highest BCUT2D eigenvalue weighted by Crippen LogP contribution is 2.19. The third-order valence-corrected chi connectivity index (χ3v) is 16.0. The van der Waals surface area contributed by atoms with E-state index in [-0.39, 0.29) is 31.1 Å². The molecule has 0 radical (unpaired) electrons. The molecule has 0 N–H and O–H groups in total. The Morgan fingerprint density at radius 2 is 0.434 bits per heavy atom. The molecular formula is C70H134O6. The van der Waals surface area contributed by atoms with Crippen LogP contribution in [-0.2, 0) is 28.6 Å². The summed E-state index contributed by atoms with van der Waals surface area (Å²) in [7, 11) is 0. The number of unbranched alkanes of at least 4 members (excludes halogenated alkanes) is 52. The van der Waals surface area contributed by atoms with Crippen molar-refractivity contribution in [2.24, 2.45) is 0 Å². The van der Waals surface area contributed by atoms with E-state index in [1.165, 1.54) is 295 Å². The van der Waals surface area contributed by atoms with E-state index in [0.717, 1.165) is 64.2 Å². The molecule has 6 heteroatoms. The van der Waals surface area contributed by atoms with Crippen LogP contribution in [0, 0.1) is 0 Å². The van der Waals surface area contributed by atoms with Gasteiger partial charge in [0.15, 0.2) is 6.10 Å². The number of rotatable bonds is 65. The molecule has 0 saturated heterocycles. The van der Waals surface area contributed by atoms with Crippen LogP contribution in [0.4, 0.5) is 0 Å². The molecule has 0 aromatic rings. The van der Waals surface area contributed by atoms with Crippen molar-refractivity contribution in [3.05, 3.63) is 12.2 Å². The van der Waals surface area contributed by atoms with Crippen molar-refractivity contribution in [2.75, 3.05) is 13.2 Å². The van der Waals surface area contributed by atoms with E-state index in [2.05, 4.69) is 32.9 Å². The number of esters is 3. The Morgan fingerprint density at radius 3 is 0.684 bits per heavy atom. The first-order valence-electron chi connectivity index (χ1n) is 34.7. The molecule has 0 aliphatic rings. The Morgan fingerprint density at radius 1 is 0.250 bits per heavy atom. The summed E-state index contributed by atoms with van der Waals surface area (Å²) in [5.74, 6) is -0.842. The molecule has 0 spiro atoms. The van der Waals surface area contributed by atoms with Crippen LogP contribution < -0.4 is 0 Å². The van der Waals surface area contributed by atoms with E-state index in [0.29, 0.717) is 19.3 Å². The third kappa shape index (κ3) is 63.0. The Hall–Kier alpha value is -1.85. The molecule has 0 saturated carbocycles. The minimum Gasteiger partial charge on any atom is -0.462 e. The van der Waals surface area contributed by atoms with Crippen LogP contribution in [0.5, 0.6) is 0 Å². The fourth-order valence-electron chi connectivity index (χ4n) is 10.8. The number of ether oxygens (including phenoxy) is 3. The van der Waals surface area contributed by atoms with Gasteiger partial charge in [0, 0.05) is 19.3 Å². The summed E-state index contributed by atoms with van der Waals surface area (Å²) in [5.41, 5.74) is 0. The standard InChI is InChI=1S/C70H134O6/c1-4-7-10-13-16-19-22-25-27-29-31-32-33-34-35-36-37-38-40-41-43-45-48-51-54-57-60-63-69(72)75-66-67(65-74-68(71)62-59-56-53-50-47-24-21-18-15-12-9-6-3)76-70(73)64-61-58-55-52-49-46-44-42-39-30-28-26-23-20-17-14-11-8-5-2/h18,21,67H,4-17,19-20,22-66H2,1-3H3/b21-18-. The average molecular weight is 1070 g/mol. The van der Waals surface area contributed by atoms with Crippen LogP contribution in [0.25, 0.3) is 0 Å². The molecule has 1 atom stereocenters. The van der Waals surface area contributed by atoms with Crippen LogP contribution in [0.3, 0.4) is 0 Å². The van der Waals surface area contributed by atoms with Gasteiger partial charge in [-0.15, -0.1) is 0 Å². The lowest BCUT2D eigenvalue weighted by molar-refractivity contribution is -0.167. The maximum Gasteiger partial charge on any atom is 0.306 e. The van der Waals surface area contributed by atoms with Crippen LogP contribution in [0.1, 0.15) is 400 Å². The van der Waals surface area contributed by atoms with E-state index >= 15 is 0 Å². The maximum absolute atomic E-state index is 12.9. The van der Waals surface area contributed by atoms with Crippen molar-refractivity contribution in [1.29, 1.82) is 0 Å². The molecule has 0 aromatic carbocycles. The first kappa shape index (κ1) is 74.2. The molecular weight excluding hydrogens is 937 g/mol. The highest BCUT2D eigenvalue weighted by molar-refractivity contribution is 5.71. The molecule has 0 amide bonds. The van der Waals surface area contributed by atoms with Crippen molar-refractivity contribution < 1.29 is 28.6 Å². The number of allylic oxidation sites excluding steroid dienone is 2. The van der Waals surface area contributed by atoms with Crippen molar-refractivity contribution in [1.82, 2.24) is 0 Å². The number of carbonyl (C=O) groups is 3. The van der Waals surface area contributed by atoms with E-state index in [1.54, 1.807) is 0 Å². The Bertz CT molecular complexity index is 1180. The van der Waals surface area contributed by atoms with Gasteiger partial charge in [-0.3, -0.25) is 14.4 Å². The smallest absolute Gasteiger partial charge is 0.306 e. The van der Waals surface area contributed by atoms with Gasteiger partial charge in [-0.2, -0.15) is 0 Å². The lowest BCUT2D eigenvalue weighted by Gasteiger charge is -2.18. The van der Waals surface area contributed by atoms with Crippen LogP contribution in [0.15, 0.2) is 12.2 Å². The van der Waals surface area contributed by atoms with E-state index in [1.807, 2.05) is 0 Å². The second kappa shape index (κ2) is 65.7. The monoisotopic (exact) mass is 1070 g/mol.